The minimum absolute atomic E-state index is 0.282. The monoisotopic (exact) mass is 284 g/mol. The Hall–Kier alpha value is -0.610. The van der Waals surface area contributed by atoms with E-state index >= 15 is 0 Å². The van der Waals surface area contributed by atoms with Crippen molar-refractivity contribution < 1.29 is 9.53 Å². The lowest BCUT2D eigenvalue weighted by molar-refractivity contribution is -0.149. The largest absolute Gasteiger partial charge is 0.465 e. The first-order valence-electron chi connectivity index (χ1n) is 8.14. The van der Waals surface area contributed by atoms with Gasteiger partial charge in [-0.1, -0.05) is 19.8 Å². The Morgan fingerprint density at radius 2 is 2.15 bits per heavy atom. The zero-order chi connectivity index (χ0) is 15.2. The second-order valence-corrected chi connectivity index (χ2v) is 6.37. The number of carbonyl (C=O) groups excluding carboxylic acids is 1. The van der Waals surface area contributed by atoms with Crippen LogP contribution in [0.15, 0.2) is 0 Å². The molecule has 20 heavy (non-hydrogen) atoms. The molecule has 3 atom stereocenters. The molecule has 0 aromatic heterocycles. The summed E-state index contributed by atoms with van der Waals surface area (Å²) in [6, 6.07) is 0.980. The number of carbonyl (C=O) groups is 1. The maximum atomic E-state index is 11.9. The average Bonchev–Trinajstić information content (AvgIpc) is 2.39. The van der Waals surface area contributed by atoms with Crippen LogP contribution in [0.3, 0.4) is 0 Å². The van der Waals surface area contributed by atoms with Crippen LogP contribution < -0.4 is 5.73 Å². The van der Waals surface area contributed by atoms with Gasteiger partial charge in [-0.25, -0.2) is 0 Å². The van der Waals surface area contributed by atoms with Crippen LogP contribution in [0.5, 0.6) is 0 Å². The average molecular weight is 284 g/mol. The van der Waals surface area contributed by atoms with Gasteiger partial charge in [-0.05, 0) is 53.0 Å². The summed E-state index contributed by atoms with van der Waals surface area (Å²) in [5, 5.41) is 0. The van der Waals surface area contributed by atoms with E-state index in [1.807, 2.05) is 6.92 Å². The van der Waals surface area contributed by atoms with Crippen LogP contribution >= 0.6 is 0 Å². The molecule has 0 aromatic rings. The van der Waals surface area contributed by atoms with Crippen molar-refractivity contribution in [3.8, 4) is 0 Å². The van der Waals surface area contributed by atoms with Crippen LogP contribution in [0.25, 0.3) is 0 Å². The van der Waals surface area contributed by atoms with E-state index in [9.17, 15) is 4.79 Å². The van der Waals surface area contributed by atoms with Gasteiger partial charge in [-0.15, -0.1) is 0 Å². The molecule has 0 amide bonds. The quantitative estimate of drug-likeness (QED) is 0.730. The van der Waals surface area contributed by atoms with Crippen LogP contribution in [-0.2, 0) is 9.53 Å². The molecule has 1 fully saturated rings. The van der Waals surface area contributed by atoms with Crippen molar-refractivity contribution in [2.45, 2.75) is 83.8 Å². The Kier molecular flexibility index (Phi) is 6.96. The van der Waals surface area contributed by atoms with Gasteiger partial charge in [0.2, 0.25) is 0 Å². The summed E-state index contributed by atoms with van der Waals surface area (Å²) < 4.78 is 5.09. The van der Waals surface area contributed by atoms with E-state index < -0.39 is 5.54 Å². The first-order chi connectivity index (χ1) is 9.42. The Morgan fingerprint density at radius 3 is 2.75 bits per heavy atom. The van der Waals surface area contributed by atoms with Crippen molar-refractivity contribution in [1.82, 2.24) is 4.90 Å². The number of nitrogens with zero attached hydrogens (tertiary/aromatic N) is 1. The van der Waals surface area contributed by atoms with Gasteiger partial charge in [0.25, 0.3) is 0 Å². The van der Waals surface area contributed by atoms with Crippen molar-refractivity contribution >= 4 is 5.97 Å². The Morgan fingerprint density at radius 1 is 1.45 bits per heavy atom. The predicted molar refractivity (Wildman–Crippen MR) is 82.6 cm³/mol. The molecule has 1 aliphatic heterocycles. The lowest BCUT2D eigenvalue weighted by atomic mass is 9.90. The third-order valence-electron chi connectivity index (χ3n) is 4.32. The van der Waals surface area contributed by atoms with Crippen molar-refractivity contribution in [3.63, 3.8) is 0 Å². The molecule has 0 aliphatic carbocycles. The Labute approximate surface area is 124 Å². The summed E-state index contributed by atoms with van der Waals surface area (Å²) in [5.41, 5.74) is 5.29. The third kappa shape index (κ3) is 4.74. The van der Waals surface area contributed by atoms with Gasteiger partial charge in [0.1, 0.15) is 5.54 Å². The maximum absolute atomic E-state index is 11.9. The topological polar surface area (TPSA) is 55.6 Å². The lowest BCUT2D eigenvalue weighted by Gasteiger charge is -2.42. The molecule has 1 heterocycles. The van der Waals surface area contributed by atoms with Gasteiger partial charge in [-0.3, -0.25) is 9.69 Å². The molecule has 1 aliphatic rings. The van der Waals surface area contributed by atoms with Crippen LogP contribution in [0.1, 0.15) is 66.2 Å². The van der Waals surface area contributed by atoms with E-state index in [1.165, 1.54) is 32.1 Å². The highest BCUT2D eigenvalue weighted by molar-refractivity contribution is 5.80. The fraction of sp³-hybridized carbons (Fsp3) is 0.938. The zero-order valence-electron chi connectivity index (χ0n) is 13.7. The molecule has 0 spiro atoms. The molecule has 1 saturated heterocycles. The summed E-state index contributed by atoms with van der Waals surface area (Å²) in [7, 11) is 0. The molecule has 4 nitrogen and oxygen atoms in total. The Bertz CT molecular complexity index is 303. The van der Waals surface area contributed by atoms with Gasteiger partial charge in [0.05, 0.1) is 6.61 Å². The second kappa shape index (κ2) is 7.99. The molecule has 0 saturated carbocycles. The van der Waals surface area contributed by atoms with Crippen molar-refractivity contribution in [2.75, 3.05) is 13.2 Å². The van der Waals surface area contributed by atoms with Crippen LogP contribution in [0.2, 0.25) is 0 Å². The minimum Gasteiger partial charge on any atom is -0.465 e. The highest BCUT2D eigenvalue weighted by atomic mass is 16.5. The van der Waals surface area contributed by atoms with Crippen LogP contribution in [0, 0.1) is 0 Å². The first kappa shape index (κ1) is 17.4. The maximum Gasteiger partial charge on any atom is 0.325 e. The summed E-state index contributed by atoms with van der Waals surface area (Å²) in [4.78, 5) is 14.5. The van der Waals surface area contributed by atoms with E-state index in [0.717, 1.165) is 6.54 Å². The number of nitrogens with two attached hydrogens (primary N) is 1. The molecular formula is C16H32N2O2. The molecule has 2 N–H and O–H groups in total. The van der Waals surface area contributed by atoms with E-state index in [2.05, 4.69) is 18.7 Å². The normalized spacial score (nSPS) is 24.9. The summed E-state index contributed by atoms with van der Waals surface area (Å²) in [6.45, 7) is 9.56. The van der Waals surface area contributed by atoms with E-state index in [1.54, 1.807) is 6.92 Å². The van der Waals surface area contributed by atoms with Gasteiger partial charge in [-0.2, -0.15) is 0 Å². The molecule has 4 heteroatoms. The third-order valence-corrected chi connectivity index (χ3v) is 4.32. The van der Waals surface area contributed by atoms with E-state index in [-0.39, 0.29) is 5.97 Å². The number of esters is 1. The smallest absolute Gasteiger partial charge is 0.325 e. The molecule has 0 radical (unpaired) electrons. The summed E-state index contributed by atoms with van der Waals surface area (Å²) in [5.74, 6) is -0.282. The van der Waals surface area contributed by atoms with Gasteiger partial charge < -0.3 is 10.5 Å². The van der Waals surface area contributed by atoms with Crippen molar-refractivity contribution in [1.29, 1.82) is 0 Å². The highest BCUT2D eigenvalue weighted by Gasteiger charge is 2.35. The molecular weight excluding hydrogens is 252 g/mol. The fourth-order valence-electron chi connectivity index (χ4n) is 3.36. The number of hydrogen-bond donors (Lipinski definition) is 1. The summed E-state index contributed by atoms with van der Waals surface area (Å²) in [6.07, 6.45) is 6.97. The number of ether oxygens (including phenoxy) is 1. The summed E-state index contributed by atoms with van der Waals surface area (Å²) >= 11 is 0. The Balaban J connectivity index is 2.62. The number of rotatable bonds is 7. The van der Waals surface area contributed by atoms with Crippen molar-refractivity contribution in [2.24, 2.45) is 5.73 Å². The SMILES string of the molecule is CCCC1CCCCN1C(C)CC(C)(N)C(=O)OCC. The van der Waals surface area contributed by atoms with Crippen molar-refractivity contribution in [3.05, 3.63) is 0 Å². The number of likely N-dealkylation sites (tertiary alicyclic amines) is 1. The van der Waals surface area contributed by atoms with Crippen LogP contribution in [-0.4, -0.2) is 41.6 Å². The first-order valence-corrected chi connectivity index (χ1v) is 8.14. The predicted octanol–water partition coefficient (Wildman–Crippen LogP) is 2.70. The molecule has 1 rings (SSSR count). The number of piperidine rings is 1. The van der Waals surface area contributed by atoms with Gasteiger partial charge in [0.15, 0.2) is 0 Å². The zero-order valence-corrected chi connectivity index (χ0v) is 13.7. The minimum atomic E-state index is -0.885. The lowest BCUT2D eigenvalue weighted by Crippen LogP contribution is -2.53. The second-order valence-electron chi connectivity index (χ2n) is 6.37. The van der Waals surface area contributed by atoms with Crippen LogP contribution in [0.4, 0.5) is 0 Å². The molecule has 0 aromatic carbocycles. The van der Waals surface area contributed by atoms with Gasteiger partial charge >= 0.3 is 5.97 Å². The van der Waals surface area contributed by atoms with E-state index in [4.69, 9.17) is 10.5 Å². The highest BCUT2D eigenvalue weighted by Crippen LogP contribution is 2.26. The molecule has 118 valence electrons. The van der Waals surface area contributed by atoms with E-state index in [0.29, 0.717) is 25.1 Å². The molecule has 0 bridgehead atoms. The standard InChI is InChI=1S/C16H32N2O2/c1-5-9-14-10-7-8-11-18(14)13(3)12-16(4,17)15(19)20-6-2/h13-14H,5-12,17H2,1-4H3. The molecule has 3 unspecified atom stereocenters. The van der Waals surface area contributed by atoms with Gasteiger partial charge in [0, 0.05) is 12.1 Å². The fourth-order valence-corrected chi connectivity index (χ4v) is 3.36. The number of hydrogen-bond acceptors (Lipinski definition) is 4.